The van der Waals surface area contributed by atoms with Crippen molar-refractivity contribution in [1.29, 1.82) is 0 Å². The first-order valence-electron chi connectivity index (χ1n) is 20.2. The molecule has 48 heavy (non-hydrogen) atoms. The van der Waals surface area contributed by atoms with Crippen LogP contribution in [-0.2, 0) is 19.2 Å². The second kappa shape index (κ2) is 12.1. The molecule has 0 atom stereocenters. The van der Waals surface area contributed by atoms with Crippen molar-refractivity contribution in [1.82, 2.24) is 0 Å². The SMILES string of the molecule is O=C(C1CCCCC1)N(C(=O)C12CC3CC(CC(C3)C1)C2)c1cccc(N(C(=O)C2CCCCC2)C(=O)C23CC4CC(CC(C4)C2)C3)c1. The highest BCUT2D eigenvalue weighted by atomic mass is 16.2. The number of anilines is 2. The van der Waals surface area contributed by atoms with Crippen molar-refractivity contribution in [3.8, 4) is 0 Å². The molecular formula is C42H56N2O4. The number of carbonyl (C=O) groups is 4. The van der Waals surface area contributed by atoms with Crippen LogP contribution in [0.25, 0.3) is 0 Å². The van der Waals surface area contributed by atoms with E-state index in [4.69, 9.17) is 0 Å². The Hall–Kier alpha value is -2.50. The van der Waals surface area contributed by atoms with Crippen LogP contribution in [0.15, 0.2) is 24.3 Å². The Morgan fingerprint density at radius 3 is 1.10 bits per heavy atom. The average Bonchev–Trinajstić information content (AvgIpc) is 3.08. The lowest BCUT2D eigenvalue weighted by Crippen LogP contribution is -2.57. The van der Waals surface area contributed by atoms with E-state index in [1.807, 2.05) is 24.3 Å². The van der Waals surface area contributed by atoms with Crippen LogP contribution < -0.4 is 9.80 Å². The first-order valence-corrected chi connectivity index (χ1v) is 20.2. The largest absolute Gasteiger partial charge is 0.274 e. The molecule has 0 heterocycles. The predicted molar refractivity (Wildman–Crippen MR) is 186 cm³/mol. The van der Waals surface area contributed by atoms with Gasteiger partial charge in [0.25, 0.3) is 0 Å². The predicted octanol–water partition coefficient (Wildman–Crippen LogP) is 9.00. The molecule has 0 unspecified atom stereocenters. The highest BCUT2D eigenvalue weighted by molar-refractivity contribution is 6.20. The summed E-state index contributed by atoms with van der Waals surface area (Å²) in [7, 11) is 0. The second-order valence-corrected chi connectivity index (χ2v) is 18.5. The summed E-state index contributed by atoms with van der Waals surface area (Å²) in [6, 6.07) is 7.59. The van der Waals surface area contributed by atoms with Crippen molar-refractivity contribution in [3.63, 3.8) is 0 Å². The molecule has 4 amide bonds. The van der Waals surface area contributed by atoms with Crippen molar-refractivity contribution in [3.05, 3.63) is 24.3 Å². The molecule has 0 radical (unpaired) electrons. The van der Waals surface area contributed by atoms with Gasteiger partial charge in [-0.25, -0.2) is 9.80 Å². The van der Waals surface area contributed by atoms with Gasteiger partial charge >= 0.3 is 0 Å². The van der Waals surface area contributed by atoms with E-state index in [1.54, 1.807) is 9.80 Å². The van der Waals surface area contributed by atoms with Gasteiger partial charge in [-0.05, 0) is 156 Å². The van der Waals surface area contributed by atoms with Crippen LogP contribution in [-0.4, -0.2) is 23.6 Å². The maximum atomic E-state index is 15.1. The molecule has 6 heteroatoms. The Morgan fingerprint density at radius 2 is 0.792 bits per heavy atom. The fraction of sp³-hybridized carbons (Fsp3) is 0.762. The number of benzene rings is 1. The number of hydrogen-bond acceptors (Lipinski definition) is 4. The van der Waals surface area contributed by atoms with Gasteiger partial charge in [-0.3, -0.25) is 19.2 Å². The number of amides is 4. The molecule has 0 saturated heterocycles. The first-order chi connectivity index (χ1) is 23.3. The average molecular weight is 653 g/mol. The summed E-state index contributed by atoms with van der Waals surface area (Å²) in [5.41, 5.74) is 0.232. The van der Waals surface area contributed by atoms with Gasteiger partial charge in [-0.1, -0.05) is 44.6 Å². The highest BCUT2D eigenvalue weighted by Crippen LogP contribution is 2.62. The highest BCUT2D eigenvalue weighted by Gasteiger charge is 2.58. The molecule has 10 aliphatic carbocycles. The Balaban J connectivity index is 1.10. The lowest BCUT2D eigenvalue weighted by atomic mass is 9.49. The van der Waals surface area contributed by atoms with Gasteiger partial charge in [0.15, 0.2) is 0 Å². The number of imide groups is 2. The molecule has 0 N–H and O–H groups in total. The molecule has 258 valence electrons. The number of nitrogens with zero attached hydrogens (tertiary/aromatic N) is 2. The second-order valence-electron chi connectivity index (χ2n) is 18.5. The molecule has 10 aliphatic rings. The summed E-state index contributed by atoms with van der Waals surface area (Å²) in [5.74, 6) is 3.20. The number of hydrogen-bond donors (Lipinski definition) is 0. The van der Waals surface area contributed by atoms with Crippen LogP contribution in [0.3, 0.4) is 0 Å². The van der Waals surface area contributed by atoms with Crippen molar-refractivity contribution in [2.75, 3.05) is 9.80 Å². The van der Waals surface area contributed by atoms with Gasteiger partial charge in [0.05, 0.1) is 22.2 Å². The van der Waals surface area contributed by atoms with E-state index < -0.39 is 10.8 Å². The van der Waals surface area contributed by atoms with Crippen molar-refractivity contribution >= 4 is 35.0 Å². The summed E-state index contributed by atoms with van der Waals surface area (Å²) >= 11 is 0. The minimum atomic E-state index is -0.457. The van der Waals surface area contributed by atoms with E-state index in [-0.39, 0.29) is 35.5 Å². The Labute approximate surface area is 287 Å². The Kier molecular flexibility index (Phi) is 7.92. The third kappa shape index (κ3) is 5.32. The van der Waals surface area contributed by atoms with Crippen LogP contribution in [0.4, 0.5) is 11.4 Å². The van der Waals surface area contributed by atoms with E-state index in [1.165, 1.54) is 38.5 Å². The zero-order chi connectivity index (χ0) is 32.6. The van der Waals surface area contributed by atoms with E-state index in [2.05, 4.69) is 0 Å². The summed E-state index contributed by atoms with van der Waals surface area (Å²) in [4.78, 5) is 62.5. The van der Waals surface area contributed by atoms with Crippen molar-refractivity contribution in [2.24, 2.45) is 58.2 Å². The lowest BCUT2D eigenvalue weighted by molar-refractivity contribution is -0.147. The fourth-order valence-electron chi connectivity index (χ4n) is 13.7. The molecule has 10 fully saturated rings. The van der Waals surface area contributed by atoms with Crippen LogP contribution in [0.5, 0.6) is 0 Å². The van der Waals surface area contributed by atoms with E-state index in [9.17, 15) is 9.59 Å². The van der Waals surface area contributed by atoms with E-state index in [0.717, 1.165) is 103 Å². The van der Waals surface area contributed by atoms with Gasteiger partial charge in [-0.2, -0.15) is 0 Å². The quantitative estimate of drug-likeness (QED) is 0.288. The molecule has 0 spiro atoms. The Morgan fingerprint density at radius 1 is 0.479 bits per heavy atom. The molecule has 0 aliphatic heterocycles. The number of carbonyl (C=O) groups excluding carboxylic acids is 4. The molecule has 10 saturated carbocycles. The van der Waals surface area contributed by atoms with Gasteiger partial charge in [0.2, 0.25) is 23.6 Å². The van der Waals surface area contributed by atoms with Gasteiger partial charge in [0.1, 0.15) is 0 Å². The van der Waals surface area contributed by atoms with Gasteiger partial charge in [-0.15, -0.1) is 0 Å². The van der Waals surface area contributed by atoms with Crippen LogP contribution in [0.1, 0.15) is 141 Å². The van der Waals surface area contributed by atoms with E-state index >= 15 is 9.59 Å². The normalized spacial score (nSPS) is 38.6. The molecule has 1 aromatic rings. The van der Waals surface area contributed by atoms with Crippen LogP contribution in [0, 0.1) is 58.2 Å². The third-order valence-electron chi connectivity index (χ3n) is 15.1. The summed E-state index contributed by atoms with van der Waals surface area (Å²) in [5, 5.41) is 0. The molecule has 11 rings (SSSR count). The molecular weight excluding hydrogens is 596 g/mol. The zero-order valence-electron chi connectivity index (χ0n) is 29.0. The summed E-state index contributed by atoms with van der Waals surface area (Å²) in [6.45, 7) is 0. The minimum absolute atomic E-state index is 0.00638. The molecule has 1 aromatic carbocycles. The van der Waals surface area contributed by atoms with Crippen molar-refractivity contribution < 1.29 is 19.2 Å². The molecule has 0 aromatic heterocycles. The Bertz CT molecular complexity index is 1290. The monoisotopic (exact) mass is 652 g/mol. The number of rotatable bonds is 6. The zero-order valence-corrected chi connectivity index (χ0v) is 29.0. The molecule has 8 bridgehead atoms. The van der Waals surface area contributed by atoms with Gasteiger partial charge < -0.3 is 0 Å². The first kappa shape index (κ1) is 31.5. The van der Waals surface area contributed by atoms with Gasteiger partial charge in [0, 0.05) is 11.8 Å². The maximum absolute atomic E-state index is 15.1. The maximum Gasteiger partial charge on any atom is 0.240 e. The minimum Gasteiger partial charge on any atom is -0.274 e. The lowest BCUT2D eigenvalue weighted by Gasteiger charge is -2.56. The van der Waals surface area contributed by atoms with E-state index in [0.29, 0.717) is 46.9 Å². The van der Waals surface area contributed by atoms with Crippen LogP contribution in [0.2, 0.25) is 0 Å². The topological polar surface area (TPSA) is 74.8 Å². The third-order valence-corrected chi connectivity index (χ3v) is 15.1. The summed E-state index contributed by atoms with van der Waals surface area (Å²) < 4.78 is 0. The molecule has 6 nitrogen and oxygen atoms in total. The standard InChI is InChI=1S/C42H56N2O4/c45-37(33-8-3-1-4-9-33)43(39(47)41-21-27-14-28(22-41)16-29(15-27)23-41)35-12-7-13-36(20-35)44(38(46)34-10-5-2-6-11-34)40(48)42-24-30-17-31(25-42)19-32(18-30)26-42/h7,12-13,20,27-34H,1-6,8-11,14-19,21-26H2. The fourth-order valence-corrected chi connectivity index (χ4v) is 13.7. The summed E-state index contributed by atoms with van der Waals surface area (Å²) in [6.07, 6.45) is 22.6. The van der Waals surface area contributed by atoms with Crippen LogP contribution >= 0.6 is 0 Å². The smallest absolute Gasteiger partial charge is 0.240 e. The van der Waals surface area contributed by atoms with Crippen molar-refractivity contribution in [2.45, 2.75) is 141 Å².